The number of nitrogens with zero attached hydrogens (tertiary/aromatic N) is 3. The summed E-state index contributed by atoms with van der Waals surface area (Å²) in [6.45, 7) is 2.75. The molecular formula is C25H19ClN4O3S. The normalized spacial score (nSPS) is 11.1. The van der Waals surface area contributed by atoms with Gasteiger partial charge in [0, 0.05) is 39.5 Å². The van der Waals surface area contributed by atoms with Crippen LogP contribution in [0.1, 0.15) is 27.0 Å². The molecule has 3 aromatic heterocycles. The van der Waals surface area contributed by atoms with E-state index in [9.17, 15) is 9.59 Å². The monoisotopic (exact) mass is 490 g/mol. The molecule has 0 saturated heterocycles. The third-order valence-electron chi connectivity index (χ3n) is 5.47. The Bertz CT molecular complexity index is 1570. The fourth-order valence-corrected chi connectivity index (χ4v) is 5.21. The Balaban J connectivity index is 1.53. The van der Waals surface area contributed by atoms with Gasteiger partial charge in [-0.25, -0.2) is 9.78 Å². The molecule has 0 aliphatic carbocycles. The summed E-state index contributed by atoms with van der Waals surface area (Å²) in [7, 11) is 1.31. The Morgan fingerprint density at radius 2 is 1.97 bits per heavy atom. The molecule has 7 nitrogen and oxygen atoms in total. The first-order valence-corrected chi connectivity index (χ1v) is 11.7. The van der Waals surface area contributed by atoms with Crippen LogP contribution < -0.4 is 5.32 Å². The lowest BCUT2D eigenvalue weighted by atomic mass is 10.0. The van der Waals surface area contributed by atoms with Crippen LogP contribution in [0.15, 0.2) is 60.9 Å². The van der Waals surface area contributed by atoms with Crippen LogP contribution in [-0.2, 0) is 11.3 Å². The SMILES string of the molecule is CCn1cc(-c2cc(C(=O)Nc3ccc4c(Cl)c(C(=O)OC)sc4c3)c3ccccc3n2)cn1. The van der Waals surface area contributed by atoms with E-state index in [4.69, 9.17) is 21.3 Å². The highest BCUT2D eigenvalue weighted by atomic mass is 35.5. The molecule has 2 aromatic carbocycles. The second-order valence-corrected chi connectivity index (χ2v) is 8.99. The molecule has 0 aliphatic rings. The average Bonchev–Trinajstić information content (AvgIpc) is 3.47. The number of rotatable bonds is 5. The number of carbonyl (C=O) groups is 2. The Hall–Kier alpha value is -3.75. The third kappa shape index (κ3) is 3.91. The number of aryl methyl sites for hydroxylation is 1. The van der Waals surface area contributed by atoms with Crippen molar-refractivity contribution in [3.8, 4) is 11.3 Å². The Morgan fingerprint density at radius 3 is 2.74 bits per heavy atom. The van der Waals surface area contributed by atoms with Crippen molar-refractivity contribution in [3.63, 3.8) is 0 Å². The summed E-state index contributed by atoms with van der Waals surface area (Å²) in [6.07, 6.45) is 3.65. The second-order valence-electron chi connectivity index (χ2n) is 7.56. The molecule has 3 heterocycles. The van der Waals surface area contributed by atoms with E-state index in [1.807, 2.05) is 42.1 Å². The lowest BCUT2D eigenvalue weighted by Crippen LogP contribution is -2.13. The first-order chi connectivity index (χ1) is 16.5. The molecule has 5 rings (SSSR count). The van der Waals surface area contributed by atoms with Gasteiger partial charge in [-0.3, -0.25) is 9.48 Å². The molecule has 170 valence electrons. The van der Waals surface area contributed by atoms with Crippen molar-refractivity contribution < 1.29 is 14.3 Å². The number of pyridine rings is 1. The standard InChI is InChI=1S/C25H19ClN4O3S/c1-3-30-13-14(12-27-30)20-11-18(16-6-4-5-7-19(16)29-20)24(31)28-15-8-9-17-21(10-15)34-23(22(17)26)25(32)33-2/h4-13H,3H2,1-2H3,(H,28,31). The number of nitrogens with one attached hydrogen (secondary N) is 1. The summed E-state index contributed by atoms with van der Waals surface area (Å²) in [5.41, 5.74) is 3.33. The minimum absolute atomic E-state index is 0.266. The summed E-state index contributed by atoms with van der Waals surface area (Å²) in [5, 5.41) is 9.12. The number of fused-ring (bicyclic) bond motifs is 2. The number of hydrogen-bond acceptors (Lipinski definition) is 6. The number of benzene rings is 2. The number of para-hydroxylation sites is 1. The van der Waals surface area contributed by atoms with Gasteiger partial charge in [-0.15, -0.1) is 11.3 Å². The highest BCUT2D eigenvalue weighted by Gasteiger charge is 2.19. The van der Waals surface area contributed by atoms with Gasteiger partial charge < -0.3 is 10.1 Å². The van der Waals surface area contributed by atoms with Crippen LogP contribution >= 0.6 is 22.9 Å². The molecule has 1 N–H and O–H groups in total. The second kappa shape index (κ2) is 8.89. The molecule has 1 amide bonds. The lowest BCUT2D eigenvalue weighted by molar-refractivity contribution is 0.0606. The van der Waals surface area contributed by atoms with Crippen LogP contribution in [0.5, 0.6) is 0 Å². The van der Waals surface area contributed by atoms with Gasteiger partial charge in [0.1, 0.15) is 4.88 Å². The summed E-state index contributed by atoms with van der Waals surface area (Å²) in [6, 6.07) is 14.7. The topological polar surface area (TPSA) is 86.1 Å². The van der Waals surface area contributed by atoms with E-state index in [2.05, 4.69) is 10.4 Å². The van der Waals surface area contributed by atoms with E-state index in [0.717, 1.165) is 33.1 Å². The highest BCUT2D eigenvalue weighted by molar-refractivity contribution is 7.21. The number of esters is 1. The quantitative estimate of drug-likeness (QED) is 0.304. The zero-order chi connectivity index (χ0) is 23.8. The van der Waals surface area contributed by atoms with Crippen LogP contribution in [0.25, 0.3) is 32.2 Å². The number of amides is 1. The first-order valence-electron chi connectivity index (χ1n) is 10.5. The summed E-state index contributed by atoms with van der Waals surface area (Å²) in [4.78, 5) is 30.4. The molecule has 0 spiro atoms. The fourth-order valence-electron chi connectivity index (χ4n) is 3.75. The van der Waals surface area contributed by atoms with Gasteiger partial charge in [-0.1, -0.05) is 29.8 Å². The maximum atomic E-state index is 13.4. The van der Waals surface area contributed by atoms with Crippen molar-refractivity contribution in [1.29, 1.82) is 0 Å². The Morgan fingerprint density at radius 1 is 1.15 bits per heavy atom. The smallest absolute Gasteiger partial charge is 0.349 e. The van der Waals surface area contributed by atoms with Crippen molar-refractivity contribution >= 4 is 61.5 Å². The van der Waals surface area contributed by atoms with Crippen molar-refractivity contribution in [3.05, 3.63) is 76.4 Å². The van der Waals surface area contributed by atoms with Crippen molar-refractivity contribution in [2.45, 2.75) is 13.5 Å². The molecule has 0 bridgehead atoms. The zero-order valence-corrected chi connectivity index (χ0v) is 19.9. The largest absolute Gasteiger partial charge is 0.465 e. The van der Waals surface area contributed by atoms with E-state index in [1.54, 1.807) is 30.5 Å². The first kappa shape index (κ1) is 22.1. The van der Waals surface area contributed by atoms with Gasteiger partial charge in [0.15, 0.2) is 0 Å². The van der Waals surface area contributed by atoms with Gasteiger partial charge >= 0.3 is 5.97 Å². The maximum absolute atomic E-state index is 13.4. The molecule has 0 atom stereocenters. The van der Waals surface area contributed by atoms with Crippen molar-refractivity contribution in [2.75, 3.05) is 12.4 Å². The molecule has 0 fully saturated rings. The van der Waals surface area contributed by atoms with E-state index in [1.165, 1.54) is 18.4 Å². The van der Waals surface area contributed by atoms with Crippen LogP contribution in [0, 0.1) is 0 Å². The molecule has 5 aromatic rings. The van der Waals surface area contributed by atoms with Gasteiger partial charge in [-0.05, 0) is 37.3 Å². The van der Waals surface area contributed by atoms with Crippen LogP contribution in [0.2, 0.25) is 5.02 Å². The van der Waals surface area contributed by atoms with Gasteiger partial charge in [-0.2, -0.15) is 5.10 Å². The number of aromatic nitrogens is 3. The zero-order valence-electron chi connectivity index (χ0n) is 18.3. The molecule has 34 heavy (non-hydrogen) atoms. The number of halogens is 1. The summed E-state index contributed by atoms with van der Waals surface area (Å²) in [5.74, 6) is -0.753. The average molecular weight is 491 g/mol. The highest BCUT2D eigenvalue weighted by Crippen LogP contribution is 2.37. The lowest BCUT2D eigenvalue weighted by Gasteiger charge is -2.10. The third-order valence-corrected chi connectivity index (χ3v) is 7.11. The van der Waals surface area contributed by atoms with E-state index in [-0.39, 0.29) is 5.91 Å². The molecule has 9 heteroatoms. The number of ether oxygens (including phenoxy) is 1. The van der Waals surface area contributed by atoms with E-state index >= 15 is 0 Å². The summed E-state index contributed by atoms with van der Waals surface area (Å²) < 4.78 is 7.39. The van der Waals surface area contributed by atoms with Crippen LogP contribution in [0.3, 0.4) is 0 Å². The van der Waals surface area contributed by atoms with E-state index < -0.39 is 5.97 Å². The fraction of sp³-hybridized carbons (Fsp3) is 0.120. The number of thiophene rings is 1. The van der Waals surface area contributed by atoms with Crippen molar-refractivity contribution in [1.82, 2.24) is 14.8 Å². The predicted molar refractivity (Wildman–Crippen MR) is 135 cm³/mol. The minimum atomic E-state index is -0.487. The number of methoxy groups -OCH3 is 1. The van der Waals surface area contributed by atoms with Crippen molar-refractivity contribution in [2.24, 2.45) is 0 Å². The molecule has 0 aliphatic heterocycles. The van der Waals surface area contributed by atoms with Crippen LogP contribution in [-0.4, -0.2) is 33.8 Å². The van der Waals surface area contributed by atoms with Gasteiger partial charge in [0.25, 0.3) is 5.91 Å². The Kier molecular flexibility index (Phi) is 5.77. The molecule has 0 saturated carbocycles. The molecule has 0 radical (unpaired) electrons. The summed E-state index contributed by atoms with van der Waals surface area (Å²) >= 11 is 7.57. The molecule has 0 unspecified atom stereocenters. The maximum Gasteiger partial charge on any atom is 0.349 e. The minimum Gasteiger partial charge on any atom is -0.465 e. The molecular weight excluding hydrogens is 472 g/mol. The number of hydrogen-bond donors (Lipinski definition) is 1. The van der Waals surface area contributed by atoms with Crippen LogP contribution in [0.4, 0.5) is 5.69 Å². The van der Waals surface area contributed by atoms with E-state index in [0.29, 0.717) is 26.8 Å². The predicted octanol–water partition coefficient (Wildman–Crippen LogP) is 6.03. The Labute approximate surface area is 203 Å². The number of carbonyl (C=O) groups excluding carboxylic acids is 2. The van der Waals surface area contributed by atoms with Gasteiger partial charge in [0.2, 0.25) is 0 Å². The number of anilines is 1. The van der Waals surface area contributed by atoms with Gasteiger partial charge in [0.05, 0.1) is 35.1 Å².